The van der Waals surface area contributed by atoms with Crippen molar-refractivity contribution in [2.75, 3.05) is 5.32 Å². The number of imidazole rings is 1. The third-order valence-corrected chi connectivity index (χ3v) is 4.50. The van der Waals surface area contributed by atoms with Crippen LogP contribution in [0, 0.1) is 11.8 Å². The van der Waals surface area contributed by atoms with E-state index in [9.17, 15) is 14.7 Å². The predicted molar refractivity (Wildman–Crippen MR) is 106 cm³/mol. The van der Waals surface area contributed by atoms with Crippen molar-refractivity contribution < 1.29 is 14.7 Å². The van der Waals surface area contributed by atoms with Crippen LogP contribution in [0.4, 0.5) is 5.95 Å². The van der Waals surface area contributed by atoms with Crippen molar-refractivity contribution in [1.29, 1.82) is 0 Å². The lowest BCUT2D eigenvalue weighted by Crippen LogP contribution is -2.15. The molecule has 0 saturated heterocycles. The molecule has 0 aliphatic rings. The lowest BCUT2D eigenvalue weighted by atomic mass is 10.2. The summed E-state index contributed by atoms with van der Waals surface area (Å²) in [6.07, 6.45) is 0. The van der Waals surface area contributed by atoms with E-state index in [1.165, 1.54) is 6.07 Å². The van der Waals surface area contributed by atoms with Crippen LogP contribution in [-0.2, 0) is 0 Å². The fourth-order valence-electron chi connectivity index (χ4n) is 2.54. The Hall–Kier alpha value is -3.96. The minimum absolute atomic E-state index is 0.0538. The Kier molecular flexibility index (Phi) is 4.58. The van der Waals surface area contributed by atoms with Gasteiger partial charge in [0, 0.05) is 10.9 Å². The molecule has 0 aliphatic heterocycles. The predicted octanol–water partition coefficient (Wildman–Crippen LogP) is 3.37. The fourth-order valence-corrected chi connectivity index (χ4v) is 3.13. The number of aromatic amines is 1. The first-order valence-corrected chi connectivity index (χ1v) is 9.09. The molecule has 0 spiro atoms. The number of aromatic carboxylic acids is 1. The quantitative estimate of drug-likeness (QED) is 0.466. The second-order valence-corrected chi connectivity index (χ2v) is 6.50. The van der Waals surface area contributed by atoms with Crippen LogP contribution in [0.5, 0.6) is 0 Å². The zero-order valence-corrected chi connectivity index (χ0v) is 15.1. The monoisotopic (exact) mass is 388 g/mol. The molecule has 3 heterocycles. The summed E-state index contributed by atoms with van der Waals surface area (Å²) in [6.45, 7) is 0. The van der Waals surface area contributed by atoms with Gasteiger partial charge in [0.1, 0.15) is 16.9 Å². The van der Waals surface area contributed by atoms with Crippen molar-refractivity contribution in [3.8, 4) is 11.8 Å². The number of carbonyl (C=O) groups is 2. The van der Waals surface area contributed by atoms with E-state index >= 15 is 0 Å². The first-order chi connectivity index (χ1) is 13.6. The maximum atomic E-state index is 12.5. The Bertz CT molecular complexity index is 1250. The molecule has 0 unspecified atom stereocenters. The van der Waals surface area contributed by atoms with Gasteiger partial charge in [0.05, 0.1) is 11.1 Å². The zero-order valence-electron chi connectivity index (χ0n) is 14.3. The number of carbonyl (C=O) groups excluding carboxylic acids is 1. The fraction of sp³-hybridized carbons (Fsp3) is 0. The Labute approximate surface area is 163 Å². The third-order valence-electron chi connectivity index (χ3n) is 3.81. The molecule has 0 bridgehead atoms. The smallest absolute Gasteiger partial charge is 0.337 e. The summed E-state index contributed by atoms with van der Waals surface area (Å²) >= 11 is 1.55. The van der Waals surface area contributed by atoms with E-state index in [2.05, 4.69) is 32.1 Å². The number of carboxylic acid groups (broad SMARTS) is 1. The molecular formula is C20H12N4O3S. The van der Waals surface area contributed by atoms with Gasteiger partial charge >= 0.3 is 5.97 Å². The maximum absolute atomic E-state index is 12.5. The number of hydrogen-bond donors (Lipinski definition) is 3. The second kappa shape index (κ2) is 7.34. The summed E-state index contributed by atoms with van der Waals surface area (Å²) in [4.78, 5) is 35.1. The Balaban J connectivity index is 1.57. The van der Waals surface area contributed by atoms with E-state index in [1.54, 1.807) is 41.7 Å². The molecule has 1 amide bonds. The maximum Gasteiger partial charge on any atom is 0.337 e. The number of nitrogens with one attached hydrogen (secondary N) is 2. The molecule has 3 aromatic heterocycles. The van der Waals surface area contributed by atoms with E-state index in [0.717, 1.165) is 5.56 Å². The van der Waals surface area contributed by atoms with Gasteiger partial charge in [-0.05, 0) is 41.6 Å². The van der Waals surface area contributed by atoms with Gasteiger partial charge < -0.3 is 10.1 Å². The number of nitrogens with zero attached hydrogens (tertiary/aromatic N) is 2. The van der Waals surface area contributed by atoms with Gasteiger partial charge in [-0.15, -0.1) is 0 Å². The number of thiophene rings is 1. The van der Waals surface area contributed by atoms with Crippen LogP contribution in [0.2, 0.25) is 0 Å². The van der Waals surface area contributed by atoms with Crippen LogP contribution in [-0.4, -0.2) is 31.9 Å². The number of carboxylic acids is 1. The summed E-state index contributed by atoms with van der Waals surface area (Å²) in [5.74, 6) is 4.49. The molecule has 4 aromatic rings. The first kappa shape index (κ1) is 17.5. The molecule has 0 saturated carbocycles. The molecular weight excluding hydrogens is 376 g/mol. The summed E-state index contributed by atoms with van der Waals surface area (Å²) in [5.41, 5.74) is 2.37. The van der Waals surface area contributed by atoms with E-state index in [-0.39, 0.29) is 22.7 Å². The molecule has 1 aromatic carbocycles. The van der Waals surface area contributed by atoms with E-state index < -0.39 is 11.9 Å². The van der Waals surface area contributed by atoms with Crippen LogP contribution in [0.25, 0.3) is 11.0 Å². The van der Waals surface area contributed by atoms with Gasteiger partial charge in [0.2, 0.25) is 5.95 Å². The Morgan fingerprint density at radius 1 is 1.07 bits per heavy atom. The number of pyridine rings is 1. The molecule has 0 aliphatic carbocycles. The molecule has 3 N–H and O–H groups in total. The number of amides is 1. The van der Waals surface area contributed by atoms with Gasteiger partial charge in [-0.3, -0.25) is 10.1 Å². The van der Waals surface area contributed by atoms with Gasteiger partial charge in [0.25, 0.3) is 5.91 Å². The molecule has 0 fully saturated rings. The Morgan fingerprint density at radius 2 is 1.93 bits per heavy atom. The van der Waals surface area contributed by atoms with Crippen molar-refractivity contribution in [3.05, 3.63) is 75.7 Å². The first-order valence-electron chi connectivity index (χ1n) is 8.15. The minimum atomic E-state index is -1.09. The van der Waals surface area contributed by atoms with Crippen LogP contribution in [0.15, 0.2) is 53.2 Å². The van der Waals surface area contributed by atoms with Gasteiger partial charge in [-0.1, -0.05) is 18.1 Å². The number of H-pyrrole nitrogens is 1. The average molecular weight is 388 g/mol. The number of hydrogen-bond acceptors (Lipinski definition) is 5. The van der Waals surface area contributed by atoms with Gasteiger partial charge in [0.15, 0.2) is 0 Å². The van der Waals surface area contributed by atoms with Crippen LogP contribution < -0.4 is 5.32 Å². The van der Waals surface area contributed by atoms with Crippen molar-refractivity contribution in [1.82, 2.24) is 15.0 Å². The lowest BCUT2D eigenvalue weighted by Gasteiger charge is -2.01. The number of aromatic nitrogens is 3. The zero-order chi connectivity index (χ0) is 19.5. The molecule has 28 heavy (non-hydrogen) atoms. The topological polar surface area (TPSA) is 108 Å². The van der Waals surface area contributed by atoms with Crippen LogP contribution >= 0.6 is 11.3 Å². The number of para-hydroxylation sites is 1. The number of rotatable bonds is 3. The number of fused-ring (bicyclic) bond motifs is 1. The molecule has 7 nitrogen and oxygen atoms in total. The largest absolute Gasteiger partial charge is 0.478 e. The van der Waals surface area contributed by atoms with Crippen molar-refractivity contribution in [3.63, 3.8) is 0 Å². The van der Waals surface area contributed by atoms with E-state index in [4.69, 9.17) is 0 Å². The van der Waals surface area contributed by atoms with Crippen LogP contribution in [0.3, 0.4) is 0 Å². The summed E-state index contributed by atoms with van der Waals surface area (Å²) < 4.78 is 0. The summed E-state index contributed by atoms with van der Waals surface area (Å²) in [5, 5.41) is 15.7. The SMILES string of the molecule is O=C(Nc1nc2c(C(=O)O)cccc2[nH]1)c1cccc(C#Cc2ccsc2)n1. The summed E-state index contributed by atoms with van der Waals surface area (Å²) in [7, 11) is 0. The number of anilines is 1. The summed E-state index contributed by atoms with van der Waals surface area (Å²) in [6, 6.07) is 11.6. The highest BCUT2D eigenvalue weighted by Gasteiger charge is 2.15. The molecule has 0 radical (unpaired) electrons. The van der Waals surface area contributed by atoms with Crippen molar-refractivity contribution >= 4 is 40.2 Å². The normalized spacial score (nSPS) is 10.3. The highest BCUT2D eigenvalue weighted by Crippen LogP contribution is 2.19. The highest BCUT2D eigenvalue weighted by atomic mass is 32.1. The Morgan fingerprint density at radius 3 is 2.71 bits per heavy atom. The van der Waals surface area contributed by atoms with Crippen molar-refractivity contribution in [2.24, 2.45) is 0 Å². The molecule has 8 heteroatoms. The van der Waals surface area contributed by atoms with Gasteiger partial charge in [-0.25, -0.2) is 14.8 Å². The van der Waals surface area contributed by atoms with Crippen LogP contribution in [0.1, 0.15) is 32.1 Å². The molecule has 4 rings (SSSR count). The lowest BCUT2D eigenvalue weighted by molar-refractivity contribution is 0.0698. The molecule has 136 valence electrons. The number of benzene rings is 1. The third kappa shape index (κ3) is 3.60. The standard InChI is InChI=1S/C20H12N4O3S/c25-18(16-6-1-3-13(21-16)8-7-12-9-10-28-11-12)24-20-22-15-5-2-4-14(19(26)27)17(15)23-20/h1-6,9-11H,(H,26,27)(H2,22,23,24,25). The molecule has 0 atom stereocenters. The van der Waals surface area contributed by atoms with Crippen molar-refractivity contribution in [2.45, 2.75) is 0 Å². The van der Waals surface area contributed by atoms with E-state index in [0.29, 0.717) is 11.2 Å². The minimum Gasteiger partial charge on any atom is -0.478 e. The van der Waals surface area contributed by atoms with Gasteiger partial charge in [-0.2, -0.15) is 11.3 Å². The van der Waals surface area contributed by atoms with E-state index in [1.807, 2.05) is 16.8 Å². The highest BCUT2D eigenvalue weighted by molar-refractivity contribution is 7.08. The average Bonchev–Trinajstić information content (AvgIpc) is 3.35. The second-order valence-electron chi connectivity index (χ2n) is 5.72.